The number of carbonyl (C=O) groups is 1. The molecule has 1 amide bonds. The zero-order chi connectivity index (χ0) is 14.7. The molecule has 1 aliphatic heterocycles. The molecule has 1 saturated heterocycles. The van der Waals surface area contributed by atoms with Crippen LogP contribution in [0.25, 0.3) is 0 Å². The number of likely N-dealkylation sites (N-methyl/N-ethyl adjacent to an activating group) is 1. The van der Waals surface area contributed by atoms with Crippen LogP contribution in [0.4, 0.5) is 4.39 Å². The second-order valence-electron chi connectivity index (χ2n) is 4.94. The van der Waals surface area contributed by atoms with E-state index in [9.17, 15) is 9.18 Å². The van der Waals surface area contributed by atoms with Crippen LogP contribution in [-0.4, -0.2) is 43.2 Å². The summed E-state index contributed by atoms with van der Waals surface area (Å²) in [6, 6.07) is 4.35. The number of ether oxygens (including phenoxy) is 1. The van der Waals surface area contributed by atoms with E-state index in [2.05, 4.69) is 21.2 Å². The molecule has 1 aromatic rings. The first kappa shape index (κ1) is 18.4. The normalized spacial score (nSPS) is 21.5. The van der Waals surface area contributed by atoms with Crippen LogP contribution >= 0.6 is 28.3 Å². The van der Waals surface area contributed by atoms with E-state index in [0.29, 0.717) is 18.7 Å². The summed E-state index contributed by atoms with van der Waals surface area (Å²) >= 11 is 3.31. The Morgan fingerprint density at radius 2 is 2.29 bits per heavy atom. The molecule has 1 N–H and O–H groups in total. The van der Waals surface area contributed by atoms with Gasteiger partial charge in [0.1, 0.15) is 11.9 Å². The summed E-state index contributed by atoms with van der Waals surface area (Å²) in [6.45, 7) is 3.35. The maximum absolute atomic E-state index is 13.7. The number of hydrogen-bond donors (Lipinski definition) is 1. The summed E-state index contributed by atoms with van der Waals surface area (Å²) in [5, 5.41) is 3.14. The molecule has 0 bridgehead atoms. The van der Waals surface area contributed by atoms with Crippen LogP contribution in [0.2, 0.25) is 0 Å². The minimum Gasteiger partial charge on any atom is -0.375 e. The van der Waals surface area contributed by atoms with Crippen LogP contribution in [0.5, 0.6) is 0 Å². The van der Waals surface area contributed by atoms with Gasteiger partial charge in [0, 0.05) is 30.2 Å². The van der Waals surface area contributed by atoms with Crippen molar-refractivity contribution in [3.63, 3.8) is 0 Å². The maximum atomic E-state index is 13.7. The average Bonchev–Trinajstić information content (AvgIpc) is 2.42. The van der Waals surface area contributed by atoms with Gasteiger partial charge in [-0.1, -0.05) is 15.9 Å². The first-order valence-electron chi connectivity index (χ1n) is 6.53. The predicted octanol–water partition coefficient (Wildman–Crippen LogP) is 2.35. The van der Waals surface area contributed by atoms with Crippen LogP contribution in [0.3, 0.4) is 0 Å². The summed E-state index contributed by atoms with van der Waals surface area (Å²) in [5.41, 5.74) is 0.486. The summed E-state index contributed by atoms with van der Waals surface area (Å²) in [4.78, 5) is 13.9. The quantitative estimate of drug-likeness (QED) is 0.874. The zero-order valence-corrected chi connectivity index (χ0v) is 14.3. The second-order valence-corrected chi connectivity index (χ2v) is 5.85. The molecular formula is C14H19BrClFN2O2. The van der Waals surface area contributed by atoms with E-state index in [1.165, 1.54) is 11.0 Å². The number of halogens is 3. The maximum Gasteiger partial charge on any atom is 0.242 e. The summed E-state index contributed by atoms with van der Waals surface area (Å²) in [6.07, 6.45) is -0.175. The Kier molecular flexibility index (Phi) is 7.06. The van der Waals surface area contributed by atoms with Crippen molar-refractivity contribution in [2.24, 2.45) is 0 Å². The van der Waals surface area contributed by atoms with Crippen molar-refractivity contribution in [2.45, 2.75) is 25.6 Å². The molecule has 0 spiro atoms. The van der Waals surface area contributed by atoms with E-state index >= 15 is 0 Å². The highest BCUT2D eigenvalue weighted by molar-refractivity contribution is 9.10. The summed E-state index contributed by atoms with van der Waals surface area (Å²) < 4.78 is 20.0. The fourth-order valence-corrected chi connectivity index (χ4v) is 2.65. The topological polar surface area (TPSA) is 41.6 Å². The minimum atomic E-state index is -0.371. The average molecular weight is 382 g/mol. The predicted molar refractivity (Wildman–Crippen MR) is 85.0 cm³/mol. The highest BCUT2D eigenvalue weighted by Gasteiger charge is 2.30. The van der Waals surface area contributed by atoms with Gasteiger partial charge in [-0.2, -0.15) is 0 Å². The third kappa shape index (κ3) is 4.64. The Balaban J connectivity index is 0.00000220. The highest BCUT2D eigenvalue weighted by atomic mass is 79.9. The van der Waals surface area contributed by atoms with Crippen molar-refractivity contribution in [1.29, 1.82) is 0 Å². The number of nitrogens with one attached hydrogen (secondary N) is 1. The van der Waals surface area contributed by atoms with Crippen molar-refractivity contribution in [3.8, 4) is 0 Å². The van der Waals surface area contributed by atoms with Gasteiger partial charge in [0.25, 0.3) is 0 Å². The van der Waals surface area contributed by atoms with Gasteiger partial charge >= 0.3 is 0 Å². The number of nitrogens with zero attached hydrogens (tertiary/aromatic N) is 1. The Labute approximate surface area is 138 Å². The van der Waals surface area contributed by atoms with Gasteiger partial charge < -0.3 is 15.0 Å². The Hall–Kier alpha value is -0.690. The molecule has 0 saturated carbocycles. The number of benzene rings is 1. The van der Waals surface area contributed by atoms with Crippen molar-refractivity contribution in [2.75, 3.05) is 20.2 Å². The van der Waals surface area contributed by atoms with Gasteiger partial charge in [-0.3, -0.25) is 4.79 Å². The highest BCUT2D eigenvalue weighted by Crippen LogP contribution is 2.17. The van der Waals surface area contributed by atoms with E-state index in [1.807, 2.05) is 6.92 Å². The lowest BCUT2D eigenvalue weighted by molar-refractivity contribution is -0.138. The summed E-state index contributed by atoms with van der Waals surface area (Å²) in [5.74, 6) is -0.398. The van der Waals surface area contributed by atoms with Crippen molar-refractivity contribution < 1.29 is 13.9 Å². The zero-order valence-electron chi connectivity index (χ0n) is 11.9. The fourth-order valence-electron chi connectivity index (χ4n) is 2.24. The Bertz CT molecular complexity index is 504. The second kappa shape index (κ2) is 8.08. The molecule has 1 aliphatic rings. The molecule has 4 nitrogen and oxygen atoms in total. The lowest BCUT2D eigenvalue weighted by atomic mass is 10.1. The van der Waals surface area contributed by atoms with E-state index in [-0.39, 0.29) is 42.8 Å². The minimum absolute atomic E-state index is 0. The van der Waals surface area contributed by atoms with E-state index in [1.54, 1.807) is 19.2 Å². The molecule has 7 heteroatoms. The lowest BCUT2D eigenvalue weighted by Crippen LogP contribution is -2.55. The molecular weight excluding hydrogens is 363 g/mol. The molecule has 0 aliphatic carbocycles. The SMILES string of the molecule is C[C@H]1OCCN[C@@H]1C(=O)N(C)Cc1cc(Br)ccc1F.Cl. The summed E-state index contributed by atoms with van der Waals surface area (Å²) in [7, 11) is 1.67. The smallest absolute Gasteiger partial charge is 0.242 e. The fraction of sp³-hybridized carbons (Fsp3) is 0.500. The van der Waals surface area contributed by atoms with Gasteiger partial charge in [0.05, 0.1) is 12.7 Å². The monoisotopic (exact) mass is 380 g/mol. The number of hydrogen-bond acceptors (Lipinski definition) is 3. The first-order chi connectivity index (χ1) is 9.49. The Morgan fingerprint density at radius 1 is 1.57 bits per heavy atom. The van der Waals surface area contributed by atoms with Crippen LogP contribution < -0.4 is 5.32 Å². The molecule has 2 rings (SSSR count). The van der Waals surface area contributed by atoms with E-state index < -0.39 is 0 Å². The van der Waals surface area contributed by atoms with Crippen LogP contribution in [0.15, 0.2) is 22.7 Å². The Morgan fingerprint density at radius 3 is 2.95 bits per heavy atom. The molecule has 0 aromatic heterocycles. The molecule has 0 unspecified atom stereocenters. The van der Waals surface area contributed by atoms with Crippen molar-refractivity contribution in [3.05, 3.63) is 34.1 Å². The van der Waals surface area contributed by atoms with E-state index in [0.717, 1.165) is 4.47 Å². The largest absolute Gasteiger partial charge is 0.375 e. The molecule has 21 heavy (non-hydrogen) atoms. The van der Waals surface area contributed by atoms with Crippen molar-refractivity contribution >= 4 is 34.2 Å². The molecule has 1 aromatic carbocycles. The van der Waals surface area contributed by atoms with Gasteiger partial charge in [-0.15, -0.1) is 12.4 Å². The molecule has 1 heterocycles. The van der Waals surface area contributed by atoms with Crippen LogP contribution in [0.1, 0.15) is 12.5 Å². The van der Waals surface area contributed by atoms with Gasteiger partial charge in [0.2, 0.25) is 5.91 Å². The van der Waals surface area contributed by atoms with Crippen LogP contribution in [0, 0.1) is 5.82 Å². The third-order valence-electron chi connectivity index (χ3n) is 3.37. The number of carbonyl (C=O) groups excluding carboxylic acids is 1. The lowest BCUT2D eigenvalue weighted by Gasteiger charge is -2.32. The van der Waals surface area contributed by atoms with Gasteiger partial charge in [-0.25, -0.2) is 4.39 Å². The number of morpholine rings is 1. The van der Waals surface area contributed by atoms with Gasteiger partial charge in [0.15, 0.2) is 0 Å². The molecule has 118 valence electrons. The van der Waals surface area contributed by atoms with Crippen LogP contribution in [-0.2, 0) is 16.1 Å². The number of rotatable bonds is 3. The molecule has 0 radical (unpaired) electrons. The standard InChI is InChI=1S/C14H18BrFN2O2.ClH/c1-9-13(17-5-6-20-9)14(19)18(2)8-10-7-11(15)3-4-12(10)16;/h3-4,7,9,13,17H,5-6,8H2,1-2H3;1H/t9-,13+;/m1./s1. The van der Waals surface area contributed by atoms with Gasteiger partial charge in [-0.05, 0) is 25.1 Å². The van der Waals surface area contributed by atoms with Crippen molar-refractivity contribution in [1.82, 2.24) is 10.2 Å². The first-order valence-corrected chi connectivity index (χ1v) is 7.32. The third-order valence-corrected chi connectivity index (χ3v) is 3.87. The molecule has 1 fully saturated rings. The number of amides is 1. The molecule has 2 atom stereocenters. The van der Waals surface area contributed by atoms with E-state index in [4.69, 9.17) is 4.74 Å².